The molecule has 2 rings (SSSR count). The lowest BCUT2D eigenvalue weighted by Crippen LogP contribution is -1.91. The van der Waals surface area contributed by atoms with E-state index < -0.39 is 0 Å². The number of carbonyl (C=O) groups excluding carboxylic acids is 1. The number of nitrogens with zero attached hydrogens (tertiary/aromatic N) is 2. The van der Waals surface area contributed by atoms with Crippen LogP contribution in [-0.2, 0) is 0 Å². The van der Waals surface area contributed by atoms with Gasteiger partial charge in [-0.15, -0.1) is 0 Å². The molecule has 0 atom stereocenters. The van der Waals surface area contributed by atoms with Gasteiger partial charge in [-0.25, -0.2) is 0 Å². The molecule has 0 aliphatic carbocycles. The molecule has 3 heteroatoms. The monoisotopic (exact) mass is 198 g/mol. The molecule has 0 fully saturated rings. The number of aldehydes is 1. The second-order valence-corrected chi connectivity index (χ2v) is 3.27. The predicted octanol–water partition coefficient (Wildman–Crippen LogP) is 2.26. The normalized spacial score (nSPS) is 9.93. The van der Waals surface area contributed by atoms with Crippen LogP contribution in [0.25, 0.3) is 11.1 Å². The van der Waals surface area contributed by atoms with Crippen molar-refractivity contribution in [3.05, 3.63) is 48.0 Å². The van der Waals surface area contributed by atoms with E-state index in [9.17, 15) is 4.79 Å². The van der Waals surface area contributed by atoms with Crippen LogP contribution < -0.4 is 0 Å². The van der Waals surface area contributed by atoms with E-state index in [1.54, 1.807) is 30.9 Å². The van der Waals surface area contributed by atoms with Gasteiger partial charge in [0, 0.05) is 41.5 Å². The maximum atomic E-state index is 10.9. The highest BCUT2D eigenvalue weighted by molar-refractivity contribution is 5.87. The summed E-state index contributed by atoms with van der Waals surface area (Å²) in [6.07, 6.45) is 7.62. The van der Waals surface area contributed by atoms with Crippen molar-refractivity contribution >= 4 is 6.29 Å². The van der Waals surface area contributed by atoms with Crippen molar-refractivity contribution < 1.29 is 4.79 Å². The van der Waals surface area contributed by atoms with E-state index in [1.165, 1.54) is 0 Å². The quantitative estimate of drug-likeness (QED) is 0.695. The Morgan fingerprint density at radius 2 is 1.73 bits per heavy atom. The molecule has 3 nitrogen and oxygen atoms in total. The molecule has 0 spiro atoms. The standard InChI is InChI=1S/C12H10N2O/c1-9-2-4-13-6-11(9)12-7-14-5-3-10(12)8-15/h2-8H,1H3. The van der Waals surface area contributed by atoms with Crippen molar-refractivity contribution in [1.29, 1.82) is 0 Å². The highest BCUT2D eigenvalue weighted by atomic mass is 16.1. The van der Waals surface area contributed by atoms with Crippen molar-refractivity contribution in [1.82, 2.24) is 9.97 Å². The molecule has 0 radical (unpaired) electrons. The molecule has 0 unspecified atom stereocenters. The molecular weight excluding hydrogens is 188 g/mol. The molecule has 0 aliphatic heterocycles. The Bertz CT molecular complexity index is 494. The molecule has 0 N–H and O–H groups in total. The number of hydrogen-bond acceptors (Lipinski definition) is 3. The molecule has 0 saturated carbocycles. The molecule has 2 heterocycles. The molecule has 0 aliphatic rings. The smallest absolute Gasteiger partial charge is 0.150 e. The number of aromatic nitrogens is 2. The number of rotatable bonds is 2. The molecule has 0 bridgehead atoms. The van der Waals surface area contributed by atoms with Gasteiger partial charge in [-0.2, -0.15) is 0 Å². The minimum absolute atomic E-state index is 0.640. The van der Waals surface area contributed by atoms with Crippen LogP contribution in [-0.4, -0.2) is 16.3 Å². The lowest BCUT2D eigenvalue weighted by Gasteiger charge is -2.06. The van der Waals surface area contributed by atoms with Crippen LogP contribution in [0, 0.1) is 6.92 Å². The fraction of sp³-hybridized carbons (Fsp3) is 0.0833. The van der Waals surface area contributed by atoms with Crippen LogP contribution in [0.15, 0.2) is 36.9 Å². The van der Waals surface area contributed by atoms with E-state index >= 15 is 0 Å². The zero-order valence-electron chi connectivity index (χ0n) is 8.34. The summed E-state index contributed by atoms with van der Waals surface area (Å²) in [6, 6.07) is 3.62. The first-order valence-corrected chi connectivity index (χ1v) is 4.63. The van der Waals surface area contributed by atoms with Crippen molar-refractivity contribution in [2.75, 3.05) is 0 Å². The van der Waals surface area contributed by atoms with E-state index in [4.69, 9.17) is 0 Å². The van der Waals surface area contributed by atoms with Gasteiger partial charge in [0.25, 0.3) is 0 Å². The first-order valence-electron chi connectivity index (χ1n) is 4.63. The molecule has 0 saturated heterocycles. The molecule has 2 aromatic rings. The van der Waals surface area contributed by atoms with Crippen LogP contribution in [0.4, 0.5) is 0 Å². The summed E-state index contributed by atoms with van der Waals surface area (Å²) in [5.41, 5.74) is 3.51. The van der Waals surface area contributed by atoms with E-state index in [1.807, 2.05) is 13.0 Å². The topological polar surface area (TPSA) is 42.9 Å². The Hall–Kier alpha value is -2.03. The minimum Gasteiger partial charge on any atom is -0.298 e. The fourth-order valence-electron chi connectivity index (χ4n) is 1.48. The Morgan fingerprint density at radius 1 is 1.07 bits per heavy atom. The Kier molecular flexibility index (Phi) is 2.54. The number of aryl methyl sites for hydroxylation is 1. The third-order valence-electron chi connectivity index (χ3n) is 2.31. The minimum atomic E-state index is 0.640. The van der Waals surface area contributed by atoms with Gasteiger partial charge < -0.3 is 0 Å². The average molecular weight is 198 g/mol. The van der Waals surface area contributed by atoms with Crippen molar-refractivity contribution in [2.24, 2.45) is 0 Å². The largest absolute Gasteiger partial charge is 0.298 e. The zero-order valence-corrected chi connectivity index (χ0v) is 8.34. The summed E-state index contributed by atoms with van der Waals surface area (Å²) >= 11 is 0. The highest BCUT2D eigenvalue weighted by Crippen LogP contribution is 2.23. The maximum Gasteiger partial charge on any atom is 0.150 e. The summed E-state index contributed by atoms with van der Waals surface area (Å²) in [5, 5.41) is 0. The van der Waals surface area contributed by atoms with Crippen LogP contribution in [0.5, 0.6) is 0 Å². The number of pyridine rings is 2. The Morgan fingerprint density at radius 3 is 2.40 bits per heavy atom. The molecular formula is C12H10N2O. The van der Waals surface area contributed by atoms with Gasteiger partial charge in [0.15, 0.2) is 6.29 Å². The molecule has 0 amide bonds. The fourth-order valence-corrected chi connectivity index (χ4v) is 1.48. The van der Waals surface area contributed by atoms with Gasteiger partial charge in [0.05, 0.1) is 0 Å². The van der Waals surface area contributed by atoms with Crippen molar-refractivity contribution in [2.45, 2.75) is 6.92 Å². The highest BCUT2D eigenvalue weighted by Gasteiger charge is 2.06. The molecule has 0 aromatic carbocycles. The molecule has 74 valence electrons. The van der Waals surface area contributed by atoms with Gasteiger partial charge in [0.1, 0.15) is 0 Å². The summed E-state index contributed by atoms with van der Waals surface area (Å²) in [7, 11) is 0. The first kappa shape index (κ1) is 9.52. The van der Waals surface area contributed by atoms with E-state index in [0.717, 1.165) is 23.0 Å². The van der Waals surface area contributed by atoms with Crippen molar-refractivity contribution in [3.63, 3.8) is 0 Å². The van der Waals surface area contributed by atoms with Gasteiger partial charge >= 0.3 is 0 Å². The van der Waals surface area contributed by atoms with Crippen LogP contribution in [0.1, 0.15) is 15.9 Å². The summed E-state index contributed by atoms with van der Waals surface area (Å²) in [5.74, 6) is 0. The SMILES string of the molecule is Cc1ccncc1-c1cnccc1C=O. The van der Waals surface area contributed by atoms with Crippen LogP contribution in [0.3, 0.4) is 0 Å². The van der Waals surface area contributed by atoms with Gasteiger partial charge in [0.2, 0.25) is 0 Å². The second kappa shape index (κ2) is 4.00. The summed E-state index contributed by atoms with van der Waals surface area (Å²) in [6.45, 7) is 1.98. The van der Waals surface area contributed by atoms with E-state index in [-0.39, 0.29) is 0 Å². The van der Waals surface area contributed by atoms with Gasteiger partial charge in [-0.05, 0) is 24.6 Å². The Balaban J connectivity index is 2.64. The van der Waals surface area contributed by atoms with E-state index in [2.05, 4.69) is 9.97 Å². The predicted molar refractivity (Wildman–Crippen MR) is 57.6 cm³/mol. The zero-order chi connectivity index (χ0) is 10.7. The maximum absolute atomic E-state index is 10.9. The van der Waals surface area contributed by atoms with Crippen LogP contribution >= 0.6 is 0 Å². The lowest BCUT2D eigenvalue weighted by molar-refractivity contribution is 0.112. The number of hydrogen-bond donors (Lipinski definition) is 0. The van der Waals surface area contributed by atoms with Crippen LogP contribution in [0.2, 0.25) is 0 Å². The lowest BCUT2D eigenvalue weighted by atomic mass is 10.0. The molecule has 2 aromatic heterocycles. The average Bonchev–Trinajstić information content (AvgIpc) is 2.30. The third kappa shape index (κ3) is 1.76. The van der Waals surface area contributed by atoms with Gasteiger partial charge in [-0.3, -0.25) is 14.8 Å². The van der Waals surface area contributed by atoms with Crippen molar-refractivity contribution in [3.8, 4) is 11.1 Å². The van der Waals surface area contributed by atoms with E-state index in [0.29, 0.717) is 5.56 Å². The summed E-state index contributed by atoms with van der Waals surface area (Å²) in [4.78, 5) is 18.9. The third-order valence-corrected chi connectivity index (χ3v) is 2.31. The molecule has 15 heavy (non-hydrogen) atoms. The Labute approximate surface area is 87.8 Å². The second-order valence-electron chi connectivity index (χ2n) is 3.27. The summed E-state index contributed by atoms with van der Waals surface area (Å²) < 4.78 is 0. The number of carbonyl (C=O) groups is 1. The first-order chi connectivity index (χ1) is 7.33. The van der Waals surface area contributed by atoms with Gasteiger partial charge in [-0.1, -0.05) is 0 Å².